The van der Waals surface area contributed by atoms with Gasteiger partial charge in [-0.1, -0.05) is 23.3 Å². The maximum Gasteiger partial charge on any atom is 0.343 e. The van der Waals surface area contributed by atoms with Gasteiger partial charge in [-0.2, -0.15) is 0 Å². The predicted octanol–water partition coefficient (Wildman–Crippen LogP) is 2.24. The highest BCUT2D eigenvalue weighted by atomic mass is 16.7. The van der Waals surface area contributed by atoms with Crippen molar-refractivity contribution in [3.8, 4) is 11.5 Å². The van der Waals surface area contributed by atoms with Gasteiger partial charge in [-0.15, -0.1) is 0 Å². The molecule has 136 valence electrons. The Morgan fingerprint density at radius 1 is 0.926 bits per heavy atom. The summed E-state index contributed by atoms with van der Waals surface area (Å²) in [5, 5.41) is 0.561. The lowest BCUT2D eigenvalue weighted by Crippen LogP contribution is -2.37. The number of hydrogen-bond acceptors (Lipinski definition) is 6. The first-order valence-corrected chi connectivity index (χ1v) is 8.70. The number of carbonyl (C=O) groups is 3. The number of imide groups is 1. The van der Waals surface area contributed by atoms with Gasteiger partial charge in [-0.25, -0.2) is 4.79 Å². The predicted molar refractivity (Wildman–Crippen MR) is 91.4 cm³/mol. The van der Waals surface area contributed by atoms with Gasteiger partial charge in [0, 0.05) is 0 Å². The molecule has 1 aliphatic carbocycles. The van der Waals surface area contributed by atoms with Crippen molar-refractivity contribution in [2.75, 3.05) is 13.2 Å². The standard InChI is InChI=1S/C20H15NO6/c22-17-13-3-1-2-4-14(13)18(23)21(17)27-19(24)20(7-8-20)12-5-6-15-16(11-12)26-10-9-25-15/h1-6,11H,7-10H2. The molecule has 0 spiro atoms. The molecule has 3 aliphatic rings. The Bertz CT molecular complexity index is 959. The monoisotopic (exact) mass is 365 g/mol. The number of ether oxygens (including phenoxy) is 2. The molecule has 0 atom stereocenters. The van der Waals surface area contributed by atoms with E-state index in [1.807, 2.05) is 0 Å². The van der Waals surface area contributed by atoms with E-state index in [1.54, 1.807) is 30.3 Å². The van der Waals surface area contributed by atoms with E-state index in [0.717, 1.165) is 5.56 Å². The molecule has 0 bridgehead atoms. The van der Waals surface area contributed by atoms with Crippen molar-refractivity contribution in [1.82, 2.24) is 5.06 Å². The van der Waals surface area contributed by atoms with Gasteiger partial charge in [0.1, 0.15) is 13.2 Å². The van der Waals surface area contributed by atoms with Gasteiger partial charge < -0.3 is 14.3 Å². The number of benzene rings is 2. The van der Waals surface area contributed by atoms with Gasteiger partial charge in [0.05, 0.1) is 16.5 Å². The molecular formula is C20H15NO6. The highest BCUT2D eigenvalue weighted by Crippen LogP contribution is 2.51. The van der Waals surface area contributed by atoms with Crippen molar-refractivity contribution in [3.63, 3.8) is 0 Å². The van der Waals surface area contributed by atoms with E-state index in [2.05, 4.69) is 0 Å². The summed E-state index contributed by atoms with van der Waals surface area (Å²) in [4.78, 5) is 42.9. The van der Waals surface area contributed by atoms with Gasteiger partial charge in [0.2, 0.25) is 0 Å². The minimum atomic E-state index is -0.870. The van der Waals surface area contributed by atoms with E-state index in [-0.39, 0.29) is 11.1 Å². The molecule has 0 aromatic heterocycles. The van der Waals surface area contributed by atoms with Crippen LogP contribution in [-0.4, -0.2) is 36.1 Å². The van der Waals surface area contributed by atoms with Gasteiger partial charge in [0.15, 0.2) is 11.5 Å². The van der Waals surface area contributed by atoms with E-state index in [9.17, 15) is 14.4 Å². The molecule has 1 fully saturated rings. The highest BCUT2D eigenvalue weighted by molar-refractivity contribution is 6.21. The van der Waals surface area contributed by atoms with Gasteiger partial charge in [-0.3, -0.25) is 9.59 Å². The van der Waals surface area contributed by atoms with E-state index in [0.29, 0.717) is 42.6 Å². The molecule has 1 saturated carbocycles. The lowest BCUT2D eigenvalue weighted by molar-refractivity contribution is -0.171. The fourth-order valence-electron chi connectivity index (χ4n) is 3.50. The van der Waals surface area contributed by atoms with E-state index in [4.69, 9.17) is 14.3 Å². The van der Waals surface area contributed by atoms with Crippen molar-refractivity contribution in [3.05, 3.63) is 59.2 Å². The maximum absolute atomic E-state index is 12.9. The van der Waals surface area contributed by atoms with Crippen LogP contribution in [0.3, 0.4) is 0 Å². The van der Waals surface area contributed by atoms with Crippen LogP contribution in [-0.2, 0) is 15.0 Å². The SMILES string of the molecule is O=C1c2ccccc2C(=O)N1OC(=O)C1(c2ccc3c(c2)OCCO3)CC1. The molecule has 7 heteroatoms. The molecule has 7 nitrogen and oxygen atoms in total. The summed E-state index contributed by atoms with van der Waals surface area (Å²) in [6, 6.07) is 11.7. The van der Waals surface area contributed by atoms with Gasteiger partial charge in [0.25, 0.3) is 11.8 Å². The molecule has 0 N–H and O–H groups in total. The molecule has 2 heterocycles. The molecule has 0 unspecified atom stereocenters. The second-order valence-corrected chi connectivity index (χ2v) is 6.77. The number of fused-ring (bicyclic) bond motifs is 2. The Morgan fingerprint density at radius 3 is 2.19 bits per heavy atom. The van der Waals surface area contributed by atoms with Crippen LogP contribution < -0.4 is 9.47 Å². The van der Waals surface area contributed by atoms with Gasteiger partial charge >= 0.3 is 5.97 Å². The van der Waals surface area contributed by atoms with E-state index < -0.39 is 23.2 Å². The zero-order chi connectivity index (χ0) is 18.6. The number of hydrogen-bond donors (Lipinski definition) is 0. The number of rotatable bonds is 3. The average Bonchev–Trinajstić information content (AvgIpc) is 3.49. The maximum atomic E-state index is 12.9. The van der Waals surface area contributed by atoms with Crippen LogP contribution in [0.2, 0.25) is 0 Å². The second-order valence-electron chi connectivity index (χ2n) is 6.77. The molecule has 0 radical (unpaired) electrons. The van der Waals surface area contributed by atoms with Crippen molar-refractivity contribution < 1.29 is 28.7 Å². The average molecular weight is 365 g/mol. The van der Waals surface area contributed by atoms with Crippen LogP contribution in [0.1, 0.15) is 39.1 Å². The molecule has 27 heavy (non-hydrogen) atoms. The molecule has 2 aliphatic heterocycles. The lowest BCUT2D eigenvalue weighted by atomic mass is 9.95. The Morgan fingerprint density at radius 2 is 1.56 bits per heavy atom. The van der Waals surface area contributed by atoms with Crippen molar-refractivity contribution in [1.29, 1.82) is 0 Å². The largest absolute Gasteiger partial charge is 0.486 e. The third kappa shape index (κ3) is 2.31. The molecule has 0 saturated heterocycles. The summed E-state index contributed by atoms with van der Waals surface area (Å²) in [6.07, 6.45) is 1.16. The number of nitrogens with zero attached hydrogens (tertiary/aromatic N) is 1. The number of hydroxylamine groups is 2. The Hall–Kier alpha value is -3.35. The first-order chi connectivity index (χ1) is 13.1. The number of carbonyl (C=O) groups excluding carboxylic acids is 3. The fourth-order valence-corrected chi connectivity index (χ4v) is 3.50. The normalized spacial score (nSPS) is 18.9. The van der Waals surface area contributed by atoms with Crippen LogP contribution in [0.25, 0.3) is 0 Å². The summed E-state index contributed by atoms with van der Waals surface area (Å²) >= 11 is 0. The fraction of sp³-hybridized carbons (Fsp3) is 0.250. The quantitative estimate of drug-likeness (QED) is 0.776. The summed E-state index contributed by atoms with van der Waals surface area (Å²) in [6.45, 7) is 0.933. The van der Waals surface area contributed by atoms with Gasteiger partial charge in [-0.05, 0) is 42.7 Å². The van der Waals surface area contributed by atoms with Crippen LogP contribution >= 0.6 is 0 Å². The molecular weight excluding hydrogens is 350 g/mol. The molecule has 2 aromatic carbocycles. The van der Waals surface area contributed by atoms with Crippen LogP contribution in [0.5, 0.6) is 11.5 Å². The highest BCUT2D eigenvalue weighted by Gasteiger charge is 2.55. The summed E-state index contributed by atoms with van der Waals surface area (Å²) in [5.74, 6) is -0.648. The zero-order valence-corrected chi connectivity index (χ0v) is 14.3. The first-order valence-electron chi connectivity index (χ1n) is 8.70. The Kier molecular flexibility index (Phi) is 3.28. The van der Waals surface area contributed by atoms with E-state index in [1.165, 1.54) is 12.1 Å². The van der Waals surface area contributed by atoms with Crippen molar-refractivity contribution in [2.45, 2.75) is 18.3 Å². The third-order valence-corrected chi connectivity index (χ3v) is 5.17. The zero-order valence-electron chi connectivity index (χ0n) is 14.3. The Balaban J connectivity index is 1.40. The van der Waals surface area contributed by atoms with Crippen molar-refractivity contribution in [2.24, 2.45) is 0 Å². The number of amides is 2. The Labute approximate surface area is 154 Å². The minimum absolute atomic E-state index is 0.236. The third-order valence-electron chi connectivity index (χ3n) is 5.17. The summed E-state index contributed by atoms with van der Waals surface area (Å²) < 4.78 is 11.1. The topological polar surface area (TPSA) is 82.1 Å². The lowest BCUT2D eigenvalue weighted by Gasteiger charge is -2.22. The van der Waals surface area contributed by atoms with Crippen molar-refractivity contribution >= 4 is 17.8 Å². The van der Waals surface area contributed by atoms with E-state index >= 15 is 0 Å². The first kappa shape index (κ1) is 15.9. The molecule has 5 rings (SSSR count). The molecule has 2 amide bonds. The second kappa shape index (κ2) is 5.57. The summed E-state index contributed by atoms with van der Waals surface area (Å²) in [5.41, 5.74) is 0.331. The van der Waals surface area contributed by atoms with Crippen LogP contribution in [0.15, 0.2) is 42.5 Å². The smallest absolute Gasteiger partial charge is 0.343 e. The minimum Gasteiger partial charge on any atom is -0.486 e. The van der Waals surface area contributed by atoms with Crippen LogP contribution in [0.4, 0.5) is 0 Å². The molecule has 2 aromatic rings. The summed E-state index contributed by atoms with van der Waals surface area (Å²) in [7, 11) is 0. The van der Waals surface area contributed by atoms with Crippen LogP contribution in [0, 0.1) is 0 Å².